The van der Waals surface area contributed by atoms with Crippen LogP contribution in [0.5, 0.6) is 0 Å². The molecule has 114 valence electrons. The molecule has 0 aliphatic carbocycles. The minimum absolute atomic E-state index is 0.0396. The number of likely N-dealkylation sites (N-methyl/N-ethyl adjacent to an activating group) is 1. The quantitative estimate of drug-likeness (QED) is 0.786. The molecule has 1 heterocycles. The maximum atomic E-state index is 11.9. The van der Waals surface area contributed by atoms with Crippen molar-refractivity contribution in [3.05, 3.63) is 0 Å². The first kappa shape index (κ1) is 16.1. The van der Waals surface area contributed by atoms with Crippen LogP contribution in [0, 0.1) is 0 Å². The minimum Gasteiger partial charge on any atom is -0.480 e. The average molecular weight is 288 g/mol. The van der Waals surface area contributed by atoms with Gasteiger partial charge in [0, 0.05) is 20.0 Å². The van der Waals surface area contributed by atoms with Crippen LogP contribution in [0.1, 0.15) is 27.2 Å². The molecule has 0 radical (unpaired) electrons. The van der Waals surface area contributed by atoms with Crippen LogP contribution in [0.4, 0.5) is 9.59 Å². The second-order valence-corrected chi connectivity index (χ2v) is 5.77. The van der Waals surface area contributed by atoms with E-state index >= 15 is 0 Å². The van der Waals surface area contributed by atoms with Gasteiger partial charge in [-0.25, -0.2) is 14.4 Å². The van der Waals surface area contributed by atoms with E-state index in [9.17, 15) is 14.4 Å². The molecule has 0 aromatic carbocycles. The smallest absolute Gasteiger partial charge is 0.410 e. The molecule has 1 rings (SSSR count). The SMILES string of the molecule is CN(C(=O)OC(C)(C)C)[C@@H]1C[C@@H](C(=O)O)N(C(=O)O)C1. The van der Waals surface area contributed by atoms with Gasteiger partial charge < -0.3 is 19.8 Å². The lowest BCUT2D eigenvalue weighted by Gasteiger charge is -2.28. The first-order chi connectivity index (χ1) is 9.03. The lowest BCUT2D eigenvalue weighted by Crippen LogP contribution is -2.43. The van der Waals surface area contributed by atoms with Crippen LogP contribution in [0.25, 0.3) is 0 Å². The summed E-state index contributed by atoms with van der Waals surface area (Å²) in [5, 5.41) is 18.0. The Morgan fingerprint density at radius 2 is 1.80 bits per heavy atom. The molecule has 1 saturated heterocycles. The highest BCUT2D eigenvalue weighted by molar-refractivity contribution is 5.80. The Morgan fingerprint density at radius 1 is 1.25 bits per heavy atom. The van der Waals surface area contributed by atoms with Gasteiger partial charge in [0.1, 0.15) is 11.6 Å². The second kappa shape index (κ2) is 5.56. The molecule has 1 fully saturated rings. The number of likely N-dealkylation sites (tertiary alicyclic amines) is 1. The first-order valence-electron chi connectivity index (χ1n) is 6.21. The fourth-order valence-electron chi connectivity index (χ4n) is 2.02. The summed E-state index contributed by atoms with van der Waals surface area (Å²) >= 11 is 0. The molecule has 2 N–H and O–H groups in total. The standard InChI is InChI=1S/C12H20N2O6/c1-12(2,3)20-11(19)13(4)7-5-8(9(15)16)14(6-7)10(17)18/h7-8H,5-6H2,1-4H3,(H,15,16)(H,17,18)/t7-,8+/m1/s1. The predicted molar refractivity (Wildman–Crippen MR) is 68.6 cm³/mol. The zero-order valence-electron chi connectivity index (χ0n) is 12.0. The molecule has 2 atom stereocenters. The van der Waals surface area contributed by atoms with E-state index in [-0.39, 0.29) is 13.0 Å². The summed E-state index contributed by atoms with van der Waals surface area (Å²) in [5.74, 6) is -1.22. The summed E-state index contributed by atoms with van der Waals surface area (Å²) in [6.07, 6.45) is -1.85. The zero-order valence-corrected chi connectivity index (χ0v) is 12.0. The van der Waals surface area contributed by atoms with Crippen LogP contribution in [-0.2, 0) is 9.53 Å². The summed E-state index contributed by atoms with van der Waals surface area (Å²) in [6.45, 7) is 5.12. The Kier molecular flexibility index (Phi) is 4.46. The Bertz CT molecular complexity index is 395. The lowest BCUT2D eigenvalue weighted by atomic mass is 10.1. The van der Waals surface area contributed by atoms with Crippen molar-refractivity contribution in [1.29, 1.82) is 0 Å². The van der Waals surface area contributed by atoms with Crippen molar-refractivity contribution in [3.8, 4) is 0 Å². The monoisotopic (exact) mass is 288 g/mol. The number of carboxylic acids is 1. The molecule has 0 unspecified atom stereocenters. The van der Waals surface area contributed by atoms with E-state index in [0.29, 0.717) is 0 Å². The molecule has 0 aromatic heterocycles. The van der Waals surface area contributed by atoms with Crippen LogP contribution < -0.4 is 0 Å². The van der Waals surface area contributed by atoms with Crippen LogP contribution in [0.3, 0.4) is 0 Å². The van der Waals surface area contributed by atoms with Crippen LogP contribution >= 0.6 is 0 Å². The van der Waals surface area contributed by atoms with Crippen LogP contribution in [-0.4, -0.2) is 69.4 Å². The molecule has 1 aliphatic rings. The van der Waals surface area contributed by atoms with Gasteiger partial charge in [-0.1, -0.05) is 0 Å². The number of nitrogens with zero attached hydrogens (tertiary/aromatic N) is 2. The van der Waals surface area contributed by atoms with Crippen molar-refractivity contribution in [2.75, 3.05) is 13.6 Å². The average Bonchev–Trinajstić information content (AvgIpc) is 2.70. The number of hydrogen-bond donors (Lipinski definition) is 2. The summed E-state index contributed by atoms with van der Waals surface area (Å²) < 4.78 is 5.18. The largest absolute Gasteiger partial charge is 0.480 e. The van der Waals surface area contributed by atoms with Gasteiger partial charge in [0.25, 0.3) is 0 Å². The van der Waals surface area contributed by atoms with Crippen molar-refractivity contribution in [2.24, 2.45) is 0 Å². The van der Waals surface area contributed by atoms with Crippen molar-refractivity contribution >= 4 is 18.2 Å². The molecular weight excluding hydrogens is 268 g/mol. The van der Waals surface area contributed by atoms with Gasteiger partial charge in [-0.15, -0.1) is 0 Å². The fourth-order valence-corrected chi connectivity index (χ4v) is 2.02. The number of amides is 2. The Hall–Kier alpha value is -1.99. The number of ether oxygens (including phenoxy) is 1. The van der Waals surface area contributed by atoms with Crippen LogP contribution in [0.2, 0.25) is 0 Å². The summed E-state index contributed by atoms with van der Waals surface area (Å²) in [7, 11) is 1.48. The van der Waals surface area contributed by atoms with Crippen molar-refractivity contribution < 1.29 is 29.3 Å². The third-order valence-electron chi connectivity index (χ3n) is 3.04. The Labute approximate surface area is 116 Å². The first-order valence-corrected chi connectivity index (χ1v) is 6.21. The molecule has 1 aliphatic heterocycles. The van der Waals surface area contributed by atoms with E-state index in [4.69, 9.17) is 14.9 Å². The molecular formula is C12H20N2O6. The highest BCUT2D eigenvalue weighted by Gasteiger charge is 2.43. The van der Waals surface area contributed by atoms with E-state index in [1.807, 2.05) is 0 Å². The Balaban J connectivity index is 2.76. The summed E-state index contributed by atoms with van der Waals surface area (Å²) in [5.41, 5.74) is -0.664. The Morgan fingerprint density at radius 3 is 2.15 bits per heavy atom. The van der Waals surface area contributed by atoms with Crippen molar-refractivity contribution in [1.82, 2.24) is 9.80 Å². The molecule has 0 aromatic rings. The van der Waals surface area contributed by atoms with Gasteiger partial charge in [-0.3, -0.25) is 4.90 Å². The molecule has 0 spiro atoms. The normalized spacial score (nSPS) is 22.5. The van der Waals surface area contributed by atoms with Crippen LogP contribution in [0.15, 0.2) is 0 Å². The van der Waals surface area contributed by atoms with Gasteiger partial charge in [0.2, 0.25) is 0 Å². The van der Waals surface area contributed by atoms with Gasteiger partial charge in [-0.05, 0) is 20.8 Å². The van der Waals surface area contributed by atoms with E-state index in [1.54, 1.807) is 20.8 Å². The maximum absolute atomic E-state index is 11.9. The maximum Gasteiger partial charge on any atom is 0.410 e. The fraction of sp³-hybridized carbons (Fsp3) is 0.750. The third-order valence-corrected chi connectivity index (χ3v) is 3.04. The summed E-state index contributed by atoms with van der Waals surface area (Å²) in [6, 6.07) is -1.65. The van der Waals surface area contributed by atoms with Gasteiger partial charge in [-0.2, -0.15) is 0 Å². The van der Waals surface area contributed by atoms with Crippen molar-refractivity contribution in [2.45, 2.75) is 44.9 Å². The highest BCUT2D eigenvalue weighted by Crippen LogP contribution is 2.23. The molecule has 2 amide bonds. The van der Waals surface area contributed by atoms with E-state index < -0.39 is 35.8 Å². The third kappa shape index (κ3) is 3.75. The summed E-state index contributed by atoms with van der Waals surface area (Å²) in [4.78, 5) is 36.0. The molecule has 8 heteroatoms. The molecule has 0 bridgehead atoms. The number of hydrogen-bond acceptors (Lipinski definition) is 4. The van der Waals surface area contributed by atoms with E-state index in [0.717, 1.165) is 4.90 Å². The number of carboxylic acid groups (broad SMARTS) is 2. The lowest BCUT2D eigenvalue weighted by molar-refractivity contribution is -0.141. The van der Waals surface area contributed by atoms with E-state index in [2.05, 4.69) is 0 Å². The second-order valence-electron chi connectivity index (χ2n) is 5.77. The van der Waals surface area contributed by atoms with Gasteiger partial charge >= 0.3 is 18.2 Å². The molecule has 20 heavy (non-hydrogen) atoms. The van der Waals surface area contributed by atoms with Crippen molar-refractivity contribution in [3.63, 3.8) is 0 Å². The number of carbonyl (C=O) groups is 3. The predicted octanol–water partition coefficient (Wildman–Crippen LogP) is 1.06. The zero-order chi connectivity index (χ0) is 15.7. The molecule has 8 nitrogen and oxygen atoms in total. The highest BCUT2D eigenvalue weighted by atomic mass is 16.6. The number of carbonyl (C=O) groups excluding carboxylic acids is 1. The number of rotatable bonds is 2. The number of aliphatic carboxylic acids is 1. The van der Waals surface area contributed by atoms with Gasteiger partial charge in [0.05, 0.1) is 6.04 Å². The topological polar surface area (TPSA) is 107 Å². The molecule has 0 saturated carbocycles. The minimum atomic E-state index is -1.31. The van der Waals surface area contributed by atoms with Gasteiger partial charge in [0.15, 0.2) is 0 Å². The van der Waals surface area contributed by atoms with E-state index in [1.165, 1.54) is 11.9 Å².